The van der Waals surface area contributed by atoms with E-state index in [1.54, 1.807) is 4.90 Å². The molecule has 1 N–H and O–H groups in total. The summed E-state index contributed by atoms with van der Waals surface area (Å²) in [6.45, 7) is 0.645. The lowest BCUT2D eigenvalue weighted by Crippen LogP contribution is -2.44. The van der Waals surface area contributed by atoms with Crippen LogP contribution in [0, 0.1) is 0 Å². The Morgan fingerprint density at radius 1 is 1.24 bits per heavy atom. The van der Waals surface area contributed by atoms with Crippen molar-refractivity contribution in [1.29, 1.82) is 0 Å². The average molecular weight is 290 g/mol. The zero-order chi connectivity index (χ0) is 15.4. The van der Waals surface area contributed by atoms with Gasteiger partial charge in [-0.05, 0) is 43.5 Å². The van der Waals surface area contributed by atoms with Crippen LogP contribution in [0.2, 0.25) is 0 Å². The SMILES string of the molecule is CN(C)c1ccc(C(=O)N2CCCCC2CC(=O)O)cc1. The van der Waals surface area contributed by atoms with E-state index in [9.17, 15) is 9.59 Å². The molecule has 0 radical (unpaired) electrons. The second-order valence-electron chi connectivity index (χ2n) is 5.69. The molecule has 5 nitrogen and oxygen atoms in total. The molecule has 1 saturated heterocycles. The molecule has 1 fully saturated rings. The van der Waals surface area contributed by atoms with Crippen molar-refractivity contribution in [3.8, 4) is 0 Å². The standard InChI is InChI=1S/C16H22N2O3/c1-17(2)13-8-6-12(7-9-13)16(21)18-10-4-3-5-14(18)11-15(19)20/h6-9,14H,3-5,10-11H2,1-2H3,(H,19,20). The topological polar surface area (TPSA) is 60.9 Å². The Morgan fingerprint density at radius 3 is 2.48 bits per heavy atom. The predicted octanol–water partition coefficient (Wildman–Crippen LogP) is 2.22. The first-order valence-electron chi connectivity index (χ1n) is 7.29. The van der Waals surface area contributed by atoms with Crippen molar-refractivity contribution in [3.05, 3.63) is 29.8 Å². The number of carboxylic acids is 1. The minimum Gasteiger partial charge on any atom is -0.481 e. The van der Waals surface area contributed by atoms with E-state index in [1.165, 1.54) is 0 Å². The molecular formula is C16H22N2O3. The van der Waals surface area contributed by atoms with E-state index in [0.717, 1.165) is 24.9 Å². The van der Waals surface area contributed by atoms with Gasteiger partial charge in [0.05, 0.1) is 6.42 Å². The zero-order valence-electron chi connectivity index (χ0n) is 12.6. The van der Waals surface area contributed by atoms with Gasteiger partial charge in [0.1, 0.15) is 0 Å². The molecule has 1 aromatic rings. The number of likely N-dealkylation sites (tertiary alicyclic amines) is 1. The van der Waals surface area contributed by atoms with E-state index in [-0.39, 0.29) is 18.4 Å². The maximum Gasteiger partial charge on any atom is 0.305 e. The average Bonchev–Trinajstić information content (AvgIpc) is 2.46. The Kier molecular flexibility index (Phi) is 4.83. The number of amides is 1. The molecular weight excluding hydrogens is 268 g/mol. The molecule has 1 aromatic carbocycles. The summed E-state index contributed by atoms with van der Waals surface area (Å²) in [7, 11) is 3.90. The smallest absolute Gasteiger partial charge is 0.305 e. The quantitative estimate of drug-likeness (QED) is 0.923. The van der Waals surface area contributed by atoms with Crippen molar-refractivity contribution in [2.45, 2.75) is 31.7 Å². The van der Waals surface area contributed by atoms with E-state index in [0.29, 0.717) is 12.1 Å². The number of benzene rings is 1. The van der Waals surface area contributed by atoms with Crippen LogP contribution in [0.15, 0.2) is 24.3 Å². The Balaban J connectivity index is 2.14. The molecule has 21 heavy (non-hydrogen) atoms. The van der Waals surface area contributed by atoms with Gasteiger partial charge in [-0.1, -0.05) is 0 Å². The summed E-state index contributed by atoms with van der Waals surface area (Å²) in [5, 5.41) is 8.99. The molecule has 1 atom stereocenters. The lowest BCUT2D eigenvalue weighted by Gasteiger charge is -2.35. The lowest BCUT2D eigenvalue weighted by molar-refractivity contribution is -0.138. The van der Waals surface area contributed by atoms with Crippen LogP contribution in [-0.2, 0) is 4.79 Å². The van der Waals surface area contributed by atoms with E-state index < -0.39 is 5.97 Å². The molecule has 0 bridgehead atoms. The third kappa shape index (κ3) is 3.74. The van der Waals surface area contributed by atoms with Gasteiger partial charge in [-0.25, -0.2) is 0 Å². The van der Waals surface area contributed by atoms with Crippen molar-refractivity contribution in [3.63, 3.8) is 0 Å². The van der Waals surface area contributed by atoms with Crippen LogP contribution < -0.4 is 4.90 Å². The largest absolute Gasteiger partial charge is 0.481 e. The number of aliphatic carboxylic acids is 1. The highest BCUT2D eigenvalue weighted by Gasteiger charge is 2.29. The van der Waals surface area contributed by atoms with Crippen LogP contribution >= 0.6 is 0 Å². The molecule has 1 heterocycles. The Labute approximate surface area is 125 Å². The Bertz CT molecular complexity index is 511. The molecule has 1 amide bonds. The third-order valence-corrected chi connectivity index (χ3v) is 3.93. The molecule has 5 heteroatoms. The Morgan fingerprint density at radius 2 is 1.90 bits per heavy atom. The van der Waals surface area contributed by atoms with Crippen LogP contribution in [0.25, 0.3) is 0 Å². The fourth-order valence-corrected chi connectivity index (χ4v) is 2.75. The van der Waals surface area contributed by atoms with Crippen LogP contribution in [-0.4, -0.2) is 48.6 Å². The van der Waals surface area contributed by atoms with Gasteiger partial charge >= 0.3 is 5.97 Å². The number of hydrogen-bond acceptors (Lipinski definition) is 3. The first kappa shape index (κ1) is 15.4. The highest BCUT2D eigenvalue weighted by atomic mass is 16.4. The van der Waals surface area contributed by atoms with Crippen molar-refractivity contribution < 1.29 is 14.7 Å². The van der Waals surface area contributed by atoms with E-state index in [4.69, 9.17) is 5.11 Å². The van der Waals surface area contributed by atoms with Gasteiger partial charge in [-0.3, -0.25) is 9.59 Å². The molecule has 114 valence electrons. The summed E-state index contributed by atoms with van der Waals surface area (Å²) in [5.74, 6) is -0.908. The summed E-state index contributed by atoms with van der Waals surface area (Å²) in [4.78, 5) is 27.2. The number of hydrogen-bond donors (Lipinski definition) is 1. The molecule has 1 aliphatic rings. The van der Waals surface area contributed by atoms with Gasteiger partial charge in [-0.2, -0.15) is 0 Å². The normalized spacial score (nSPS) is 18.4. The maximum absolute atomic E-state index is 12.6. The molecule has 1 unspecified atom stereocenters. The predicted molar refractivity (Wildman–Crippen MR) is 81.7 cm³/mol. The fourth-order valence-electron chi connectivity index (χ4n) is 2.75. The number of nitrogens with zero attached hydrogens (tertiary/aromatic N) is 2. The summed E-state index contributed by atoms with van der Waals surface area (Å²) >= 11 is 0. The van der Waals surface area contributed by atoms with E-state index in [2.05, 4.69) is 0 Å². The van der Waals surface area contributed by atoms with Crippen molar-refractivity contribution in [1.82, 2.24) is 4.90 Å². The molecule has 0 spiro atoms. The summed E-state index contributed by atoms with van der Waals surface area (Å²) in [6.07, 6.45) is 2.73. The first-order valence-corrected chi connectivity index (χ1v) is 7.29. The number of carbonyl (C=O) groups excluding carboxylic acids is 1. The number of anilines is 1. The van der Waals surface area contributed by atoms with Crippen molar-refractivity contribution in [2.24, 2.45) is 0 Å². The maximum atomic E-state index is 12.6. The fraction of sp³-hybridized carbons (Fsp3) is 0.500. The second-order valence-corrected chi connectivity index (χ2v) is 5.69. The highest BCUT2D eigenvalue weighted by molar-refractivity contribution is 5.95. The van der Waals surface area contributed by atoms with Crippen molar-refractivity contribution >= 4 is 17.6 Å². The number of carboxylic acid groups (broad SMARTS) is 1. The van der Waals surface area contributed by atoms with Crippen LogP contribution in [0.1, 0.15) is 36.0 Å². The molecule has 0 saturated carbocycles. The number of carbonyl (C=O) groups is 2. The van der Waals surface area contributed by atoms with E-state index >= 15 is 0 Å². The van der Waals surface area contributed by atoms with Gasteiger partial charge in [0.2, 0.25) is 0 Å². The minimum absolute atomic E-state index is 0.0293. The van der Waals surface area contributed by atoms with Crippen LogP contribution in [0.5, 0.6) is 0 Å². The van der Waals surface area contributed by atoms with Gasteiger partial charge in [0.25, 0.3) is 5.91 Å². The number of piperidine rings is 1. The molecule has 2 rings (SSSR count). The third-order valence-electron chi connectivity index (χ3n) is 3.93. The van der Waals surface area contributed by atoms with Crippen LogP contribution in [0.3, 0.4) is 0 Å². The highest BCUT2D eigenvalue weighted by Crippen LogP contribution is 2.23. The monoisotopic (exact) mass is 290 g/mol. The first-order chi connectivity index (χ1) is 9.99. The van der Waals surface area contributed by atoms with Crippen molar-refractivity contribution in [2.75, 3.05) is 25.5 Å². The van der Waals surface area contributed by atoms with E-state index in [1.807, 2.05) is 43.3 Å². The molecule has 0 aromatic heterocycles. The second kappa shape index (κ2) is 6.61. The summed E-state index contributed by atoms with van der Waals surface area (Å²) in [5.41, 5.74) is 1.66. The Hall–Kier alpha value is -2.04. The minimum atomic E-state index is -0.845. The lowest BCUT2D eigenvalue weighted by atomic mass is 9.98. The van der Waals surface area contributed by atoms with Crippen LogP contribution in [0.4, 0.5) is 5.69 Å². The van der Waals surface area contributed by atoms with Gasteiger partial charge in [-0.15, -0.1) is 0 Å². The van der Waals surface area contributed by atoms with Gasteiger partial charge in [0, 0.05) is 37.9 Å². The molecule has 0 aliphatic carbocycles. The summed E-state index contributed by atoms with van der Waals surface area (Å²) in [6, 6.07) is 7.25. The van der Waals surface area contributed by atoms with Gasteiger partial charge < -0.3 is 14.9 Å². The van der Waals surface area contributed by atoms with Gasteiger partial charge in [0.15, 0.2) is 0 Å². The zero-order valence-corrected chi connectivity index (χ0v) is 12.6. The molecule has 1 aliphatic heterocycles. The number of rotatable bonds is 4. The summed E-state index contributed by atoms with van der Waals surface area (Å²) < 4.78 is 0.